The van der Waals surface area contributed by atoms with Crippen molar-refractivity contribution in [3.8, 4) is 0 Å². The second kappa shape index (κ2) is 14.9. The Morgan fingerprint density at radius 3 is 2.05 bits per heavy atom. The highest BCUT2D eigenvalue weighted by atomic mass is 32.2. The lowest BCUT2D eigenvalue weighted by Gasteiger charge is -2.44. The maximum absolute atomic E-state index is 12.1. The molecule has 0 radical (unpaired) electrons. The molecule has 9 atom stereocenters. The summed E-state index contributed by atoms with van der Waals surface area (Å²) in [6.45, 7) is 7.03. The number of ether oxygens (including phenoxy) is 6. The third-order valence-corrected chi connectivity index (χ3v) is 7.42. The van der Waals surface area contributed by atoms with Gasteiger partial charge in [-0.15, -0.1) is 0 Å². The van der Waals surface area contributed by atoms with E-state index in [-0.39, 0.29) is 6.54 Å². The molecular weight excluding hydrogens is 560 g/mol. The van der Waals surface area contributed by atoms with Crippen molar-refractivity contribution in [3.05, 3.63) is 50.7 Å². The van der Waals surface area contributed by atoms with E-state index < -0.39 is 72.3 Å². The van der Waals surface area contributed by atoms with Crippen molar-refractivity contribution in [2.24, 2.45) is 10.2 Å². The fraction of sp³-hybridized carbons (Fsp3) is 0.640. The number of hydrogen-bond donors (Lipinski definition) is 0. The predicted octanol–water partition coefficient (Wildman–Crippen LogP) is 4.12. The van der Waals surface area contributed by atoms with Gasteiger partial charge in [0.2, 0.25) is 0 Å². The minimum absolute atomic E-state index is 0.327. The zero-order valence-corrected chi connectivity index (χ0v) is 24.0. The number of carbonyl (C=O) groups is 3. The fourth-order valence-corrected chi connectivity index (χ4v) is 5.72. The van der Waals surface area contributed by atoms with Crippen molar-refractivity contribution >= 4 is 29.7 Å². The molecule has 0 saturated carbocycles. The summed E-state index contributed by atoms with van der Waals surface area (Å²) in [5, 5.41) is 7.27. The molecule has 0 amide bonds. The summed E-state index contributed by atoms with van der Waals surface area (Å²) >= 11 is 1.35. The Kier molecular flexibility index (Phi) is 11.6. The summed E-state index contributed by atoms with van der Waals surface area (Å²) < 4.78 is 35.1. The zero-order valence-electron chi connectivity index (χ0n) is 23.2. The normalized spacial score (nSPS) is 30.8. The summed E-state index contributed by atoms with van der Waals surface area (Å²) in [7, 11) is 0. The van der Waals surface area contributed by atoms with E-state index in [0.717, 1.165) is 24.3 Å². The van der Waals surface area contributed by atoms with Gasteiger partial charge in [0.1, 0.15) is 23.7 Å². The van der Waals surface area contributed by atoms with Crippen LogP contribution in [0.1, 0.15) is 39.7 Å². The van der Waals surface area contributed by atoms with Crippen LogP contribution >= 0.6 is 11.8 Å². The third-order valence-electron chi connectivity index (χ3n) is 6.26. The maximum atomic E-state index is 12.1. The van der Waals surface area contributed by atoms with E-state index in [9.17, 15) is 19.9 Å². The van der Waals surface area contributed by atoms with E-state index in [1.165, 1.54) is 18.7 Å². The Labute approximate surface area is 240 Å². The highest BCUT2D eigenvalue weighted by molar-refractivity contribution is 7.99. The predicted molar refractivity (Wildman–Crippen MR) is 143 cm³/mol. The van der Waals surface area contributed by atoms with Gasteiger partial charge in [-0.1, -0.05) is 46.6 Å². The summed E-state index contributed by atoms with van der Waals surface area (Å²) in [4.78, 5) is 42.5. The average Bonchev–Trinajstić information content (AvgIpc) is 3.22. The molecule has 1 aromatic carbocycles. The van der Waals surface area contributed by atoms with Crippen LogP contribution in [0.3, 0.4) is 0 Å². The highest BCUT2D eigenvalue weighted by Crippen LogP contribution is 2.40. The average molecular weight is 593 g/mol. The first kappa shape index (κ1) is 32.0. The molecule has 2 aliphatic rings. The SMILES string of the molecule is CC[C@H]1O[C@@H](Sc2ccc(C)cc2)[C@H](OC(C)=O)[C@@H]1O[C@H]1O[C@@H](CN=[N+]=[N-])[C@@H](OC(C)=O)[C@H](OC(C)=O)[C@H]1N=[N+]=[N-]. The first-order valence-electron chi connectivity index (χ1n) is 12.8. The standard InChI is InChI=1S/C25H32N6O9S/c1-6-17-20(23(37-15(5)34)25(39-17)41-16-9-7-12(2)8-10-16)40-24-19(29-31-27)22(36-14(4)33)21(35-13(3)32)18(38-24)11-28-30-26/h7-10,17-25H,6,11H2,1-5H3/t17-,18+,19-,20-,21-,22-,23-,24-,25+/m1/s1. The van der Waals surface area contributed by atoms with Crippen LogP contribution in [0.5, 0.6) is 0 Å². The van der Waals surface area contributed by atoms with Crippen LogP contribution < -0.4 is 0 Å². The van der Waals surface area contributed by atoms with Gasteiger partial charge in [0, 0.05) is 35.5 Å². The second-order valence-electron chi connectivity index (χ2n) is 9.36. The van der Waals surface area contributed by atoms with Crippen LogP contribution in [0.2, 0.25) is 0 Å². The number of azide groups is 2. The van der Waals surface area contributed by atoms with Gasteiger partial charge in [-0.2, -0.15) is 0 Å². The molecule has 222 valence electrons. The largest absolute Gasteiger partial charge is 0.458 e. The van der Waals surface area contributed by atoms with E-state index in [4.69, 9.17) is 34.0 Å². The van der Waals surface area contributed by atoms with E-state index in [1.54, 1.807) is 0 Å². The molecule has 2 heterocycles. The molecule has 3 rings (SSSR count). The van der Waals surface area contributed by atoms with Gasteiger partial charge >= 0.3 is 17.9 Å². The van der Waals surface area contributed by atoms with Gasteiger partial charge in [0.15, 0.2) is 24.6 Å². The lowest BCUT2D eigenvalue weighted by atomic mass is 9.96. The number of hydrogen-bond acceptors (Lipinski definition) is 12. The van der Waals surface area contributed by atoms with Crippen LogP contribution in [0.4, 0.5) is 0 Å². The van der Waals surface area contributed by atoms with E-state index >= 15 is 0 Å². The molecule has 15 nitrogen and oxygen atoms in total. The highest BCUT2D eigenvalue weighted by Gasteiger charge is 2.54. The Morgan fingerprint density at radius 1 is 0.878 bits per heavy atom. The van der Waals surface area contributed by atoms with Crippen molar-refractivity contribution in [2.75, 3.05) is 6.54 Å². The van der Waals surface area contributed by atoms with Gasteiger partial charge in [0.25, 0.3) is 0 Å². The molecule has 0 spiro atoms. The topological polar surface area (TPSA) is 204 Å². The number of benzene rings is 1. The Morgan fingerprint density at radius 2 is 1.49 bits per heavy atom. The van der Waals surface area contributed by atoms with E-state index in [1.807, 2.05) is 38.1 Å². The van der Waals surface area contributed by atoms with Gasteiger partial charge in [-0.05, 0) is 36.5 Å². The Hall–Kier alpha value is -3.52. The quantitative estimate of drug-likeness (QED) is 0.118. The number of rotatable bonds is 11. The minimum Gasteiger partial charge on any atom is -0.458 e. The second-order valence-corrected chi connectivity index (χ2v) is 10.5. The van der Waals surface area contributed by atoms with Crippen molar-refractivity contribution in [2.45, 2.75) is 100 Å². The minimum atomic E-state index is -1.40. The smallest absolute Gasteiger partial charge is 0.303 e. The summed E-state index contributed by atoms with van der Waals surface area (Å²) in [5.41, 5.74) is 18.7. The Bertz CT molecular complexity index is 1190. The summed E-state index contributed by atoms with van der Waals surface area (Å²) in [6, 6.07) is 6.40. The van der Waals surface area contributed by atoms with Gasteiger partial charge < -0.3 is 28.4 Å². The van der Waals surface area contributed by atoms with Gasteiger partial charge in [-0.25, -0.2) is 0 Å². The van der Waals surface area contributed by atoms with Crippen molar-refractivity contribution < 1.29 is 42.8 Å². The van der Waals surface area contributed by atoms with Crippen molar-refractivity contribution in [1.29, 1.82) is 0 Å². The Balaban J connectivity index is 1.99. The van der Waals surface area contributed by atoms with Crippen LogP contribution in [0.15, 0.2) is 39.4 Å². The zero-order chi connectivity index (χ0) is 30.1. The molecule has 0 N–H and O–H groups in total. The fourth-order valence-electron chi connectivity index (χ4n) is 4.61. The molecule has 0 aromatic heterocycles. The molecule has 2 aliphatic heterocycles. The number of carbonyl (C=O) groups excluding carboxylic acids is 3. The lowest BCUT2D eigenvalue weighted by molar-refractivity contribution is -0.284. The molecular formula is C25H32N6O9S. The third kappa shape index (κ3) is 8.49. The molecule has 2 fully saturated rings. The molecule has 0 unspecified atom stereocenters. The van der Waals surface area contributed by atoms with Crippen molar-refractivity contribution in [1.82, 2.24) is 0 Å². The number of nitrogens with zero attached hydrogens (tertiary/aromatic N) is 6. The summed E-state index contributed by atoms with van der Waals surface area (Å²) in [5.74, 6) is -2.05. The maximum Gasteiger partial charge on any atom is 0.303 e. The monoisotopic (exact) mass is 592 g/mol. The molecule has 0 bridgehead atoms. The molecule has 16 heteroatoms. The summed E-state index contributed by atoms with van der Waals surface area (Å²) in [6.07, 6.45) is -7.11. The van der Waals surface area contributed by atoms with Gasteiger partial charge in [-0.3, -0.25) is 14.4 Å². The van der Waals surface area contributed by atoms with E-state index in [0.29, 0.717) is 6.42 Å². The number of esters is 3. The molecule has 1 aromatic rings. The molecule has 0 aliphatic carbocycles. The van der Waals surface area contributed by atoms with Crippen LogP contribution in [-0.4, -0.2) is 78.8 Å². The molecule has 41 heavy (non-hydrogen) atoms. The lowest BCUT2D eigenvalue weighted by Crippen LogP contribution is -2.62. The van der Waals surface area contributed by atoms with Crippen LogP contribution in [-0.2, 0) is 42.8 Å². The number of aryl methyl sites for hydroxylation is 1. The first-order chi connectivity index (χ1) is 19.6. The van der Waals surface area contributed by atoms with Crippen LogP contribution in [0, 0.1) is 6.92 Å². The van der Waals surface area contributed by atoms with E-state index in [2.05, 4.69) is 20.1 Å². The van der Waals surface area contributed by atoms with Crippen LogP contribution in [0.25, 0.3) is 20.9 Å². The van der Waals surface area contributed by atoms with Gasteiger partial charge in [0.05, 0.1) is 12.6 Å². The molecule has 2 saturated heterocycles. The van der Waals surface area contributed by atoms with Crippen molar-refractivity contribution in [3.63, 3.8) is 0 Å². The first-order valence-corrected chi connectivity index (χ1v) is 13.7. The number of thioether (sulfide) groups is 1.